The van der Waals surface area contributed by atoms with Gasteiger partial charge in [-0.1, -0.05) is 31.0 Å². The van der Waals surface area contributed by atoms with Crippen LogP contribution in [0.5, 0.6) is 0 Å². The number of carbonyl (C=O) groups excluding carboxylic acids is 1. The molecule has 0 saturated heterocycles. The molecule has 7 heteroatoms. The van der Waals surface area contributed by atoms with E-state index in [0.29, 0.717) is 23.7 Å². The van der Waals surface area contributed by atoms with Gasteiger partial charge >= 0.3 is 0 Å². The number of hydrogen-bond donors (Lipinski definition) is 3. The first-order valence-electron chi connectivity index (χ1n) is 9.18. The minimum atomic E-state index is -3.69. The van der Waals surface area contributed by atoms with Gasteiger partial charge < -0.3 is 11.1 Å². The van der Waals surface area contributed by atoms with Crippen LogP contribution >= 0.6 is 0 Å². The Morgan fingerprint density at radius 3 is 2.33 bits per heavy atom. The zero-order chi connectivity index (χ0) is 19.3. The Hall–Kier alpha value is -2.38. The minimum Gasteiger partial charge on any atom is -0.349 e. The molecule has 0 spiro atoms. The fraction of sp³-hybridized carbons (Fsp3) is 0.350. The Balaban J connectivity index is 1.68. The third-order valence-electron chi connectivity index (χ3n) is 4.98. The Morgan fingerprint density at radius 2 is 1.67 bits per heavy atom. The van der Waals surface area contributed by atoms with Crippen LogP contribution in [0.3, 0.4) is 0 Å². The first-order chi connectivity index (χ1) is 13.0. The van der Waals surface area contributed by atoms with Crippen LogP contribution in [0, 0.1) is 5.92 Å². The highest BCUT2D eigenvalue weighted by atomic mass is 32.2. The van der Waals surface area contributed by atoms with Crippen molar-refractivity contribution in [2.24, 2.45) is 11.7 Å². The standard InChI is InChI=1S/C20H25N3O3S/c21-14-16-6-4-5-9-19(16)22-20(24)15-10-12-18(13-11-15)27(25,26)23-17-7-2-1-3-8-17/h1-3,7-8,10-13,16,19,23H,4-6,9,14,21H2,(H,22,24). The molecule has 1 aliphatic rings. The molecule has 2 aromatic carbocycles. The molecule has 0 bridgehead atoms. The van der Waals surface area contributed by atoms with E-state index in [1.54, 1.807) is 24.3 Å². The molecule has 2 unspecified atom stereocenters. The van der Waals surface area contributed by atoms with E-state index >= 15 is 0 Å². The van der Waals surface area contributed by atoms with Crippen molar-refractivity contribution in [1.29, 1.82) is 0 Å². The highest BCUT2D eigenvalue weighted by Gasteiger charge is 2.25. The second-order valence-electron chi connectivity index (χ2n) is 6.86. The lowest BCUT2D eigenvalue weighted by atomic mass is 9.84. The van der Waals surface area contributed by atoms with Gasteiger partial charge in [0.05, 0.1) is 4.90 Å². The van der Waals surface area contributed by atoms with Crippen LogP contribution in [-0.2, 0) is 10.0 Å². The molecule has 0 aliphatic heterocycles. The lowest BCUT2D eigenvalue weighted by Gasteiger charge is -2.31. The zero-order valence-electron chi connectivity index (χ0n) is 15.1. The van der Waals surface area contributed by atoms with Crippen molar-refractivity contribution in [3.05, 3.63) is 60.2 Å². The van der Waals surface area contributed by atoms with Crippen LogP contribution in [0.15, 0.2) is 59.5 Å². The number of rotatable bonds is 6. The maximum absolute atomic E-state index is 12.5. The fourth-order valence-corrected chi connectivity index (χ4v) is 4.50. The Morgan fingerprint density at radius 1 is 1.00 bits per heavy atom. The number of anilines is 1. The number of benzene rings is 2. The predicted octanol–water partition coefficient (Wildman–Crippen LogP) is 2.73. The van der Waals surface area contributed by atoms with Gasteiger partial charge in [0.15, 0.2) is 0 Å². The minimum absolute atomic E-state index is 0.0828. The molecule has 4 N–H and O–H groups in total. The Bertz CT molecular complexity index is 867. The summed E-state index contributed by atoms with van der Waals surface area (Å²) < 4.78 is 27.4. The molecule has 2 atom stereocenters. The highest BCUT2D eigenvalue weighted by Crippen LogP contribution is 2.24. The van der Waals surface area contributed by atoms with Crippen molar-refractivity contribution in [3.8, 4) is 0 Å². The Kier molecular flexibility index (Phi) is 6.13. The predicted molar refractivity (Wildman–Crippen MR) is 106 cm³/mol. The van der Waals surface area contributed by atoms with E-state index in [0.717, 1.165) is 25.7 Å². The first-order valence-corrected chi connectivity index (χ1v) is 10.7. The molecule has 1 amide bonds. The molecule has 0 heterocycles. The number of amides is 1. The number of nitrogens with two attached hydrogens (primary N) is 1. The first kappa shape index (κ1) is 19.4. The second kappa shape index (κ2) is 8.54. The molecular weight excluding hydrogens is 362 g/mol. The van der Waals surface area contributed by atoms with Gasteiger partial charge in [0.1, 0.15) is 0 Å². The maximum atomic E-state index is 12.5. The number of carbonyl (C=O) groups is 1. The van der Waals surface area contributed by atoms with Crippen molar-refractivity contribution < 1.29 is 13.2 Å². The van der Waals surface area contributed by atoms with Gasteiger partial charge in [-0.05, 0) is 61.7 Å². The maximum Gasteiger partial charge on any atom is 0.261 e. The molecule has 27 heavy (non-hydrogen) atoms. The molecule has 0 aromatic heterocycles. The van der Waals surface area contributed by atoms with Crippen molar-refractivity contribution in [3.63, 3.8) is 0 Å². The van der Waals surface area contributed by atoms with Gasteiger partial charge in [-0.3, -0.25) is 9.52 Å². The normalized spacial score (nSPS) is 20.0. The topological polar surface area (TPSA) is 101 Å². The summed E-state index contributed by atoms with van der Waals surface area (Å²) in [6.07, 6.45) is 4.20. The van der Waals surface area contributed by atoms with Crippen LogP contribution in [0.1, 0.15) is 36.0 Å². The lowest BCUT2D eigenvalue weighted by molar-refractivity contribution is 0.0908. The number of hydrogen-bond acceptors (Lipinski definition) is 4. The summed E-state index contributed by atoms with van der Waals surface area (Å²) in [6.45, 7) is 0.563. The molecule has 2 aromatic rings. The largest absolute Gasteiger partial charge is 0.349 e. The molecule has 3 rings (SSSR count). The Labute approximate surface area is 160 Å². The third-order valence-corrected chi connectivity index (χ3v) is 6.38. The molecule has 0 radical (unpaired) electrons. The van der Waals surface area contributed by atoms with Crippen molar-refractivity contribution >= 4 is 21.6 Å². The molecule has 1 fully saturated rings. The summed E-state index contributed by atoms with van der Waals surface area (Å²) in [5, 5.41) is 3.05. The van der Waals surface area contributed by atoms with Gasteiger partial charge in [-0.2, -0.15) is 0 Å². The molecule has 1 aliphatic carbocycles. The van der Waals surface area contributed by atoms with Gasteiger partial charge in [0.25, 0.3) is 15.9 Å². The quantitative estimate of drug-likeness (QED) is 0.709. The van der Waals surface area contributed by atoms with E-state index in [1.165, 1.54) is 24.3 Å². The van der Waals surface area contributed by atoms with Crippen LogP contribution in [0.2, 0.25) is 0 Å². The van der Waals surface area contributed by atoms with E-state index < -0.39 is 10.0 Å². The molecule has 144 valence electrons. The summed E-state index contributed by atoms with van der Waals surface area (Å²) in [5.74, 6) is 0.109. The van der Waals surface area contributed by atoms with Crippen LogP contribution in [-0.4, -0.2) is 26.9 Å². The monoisotopic (exact) mass is 387 g/mol. The van der Waals surface area contributed by atoms with E-state index in [-0.39, 0.29) is 16.8 Å². The SMILES string of the molecule is NCC1CCCCC1NC(=O)c1ccc(S(=O)(=O)Nc2ccccc2)cc1. The van der Waals surface area contributed by atoms with E-state index in [1.807, 2.05) is 6.07 Å². The van der Waals surface area contributed by atoms with Crippen LogP contribution in [0.4, 0.5) is 5.69 Å². The smallest absolute Gasteiger partial charge is 0.261 e. The zero-order valence-corrected chi connectivity index (χ0v) is 15.9. The van der Waals surface area contributed by atoms with E-state index in [9.17, 15) is 13.2 Å². The molecular formula is C20H25N3O3S. The number of sulfonamides is 1. The lowest BCUT2D eigenvalue weighted by Crippen LogP contribution is -2.44. The summed E-state index contributed by atoms with van der Waals surface area (Å²) in [7, 11) is -3.69. The summed E-state index contributed by atoms with van der Waals surface area (Å²) in [5.41, 5.74) is 6.74. The van der Waals surface area contributed by atoms with Crippen molar-refractivity contribution in [2.75, 3.05) is 11.3 Å². The summed E-state index contributed by atoms with van der Waals surface area (Å²) >= 11 is 0. The number of para-hydroxylation sites is 1. The van der Waals surface area contributed by atoms with Gasteiger partial charge in [0.2, 0.25) is 0 Å². The van der Waals surface area contributed by atoms with Crippen molar-refractivity contribution in [1.82, 2.24) is 5.32 Å². The van der Waals surface area contributed by atoms with Gasteiger partial charge in [-0.15, -0.1) is 0 Å². The van der Waals surface area contributed by atoms with Crippen LogP contribution in [0.25, 0.3) is 0 Å². The van der Waals surface area contributed by atoms with Gasteiger partial charge in [0, 0.05) is 17.3 Å². The molecule has 6 nitrogen and oxygen atoms in total. The third kappa shape index (κ3) is 4.87. The fourth-order valence-electron chi connectivity index (χ4n) is 3.44. The molecule has 1 saturated carbocycles. The second-order valence-corrected chi connectivity index (χ2v) is 8.54. The average Bonchev–Trinajstić information content (AvgIpc) is 2.69. The van der Waals surface area contributed by atoms with Gasteiger partial charge in [-0.25, -0.2) is 8.42 Å². The summed E-state index contributed by atoms with van der Waals surface area (Å²) in [4.78, 5) is 12.6. The van der Waals surface area contributed by atoms with E-state index in [4.69, 9.17) is 5.73 Å². The van der Waals surface area contributed by atoms with Crippen LogP contribution < -0.4 is 15.8 Å². The average molecular weight is 388 g/mol. The number of nitrogens with one attached hydrogen (secondary N) is 2. The van der Waals surface area contributed by atoms with Crippen molar-refractivity contribution in [2.45, 2.75) is 36.6 Å². The van der Waals surface area contributed by atoms with E-state index in [2.05, 4.69) is 10.0 Å². The highest BCUT2D eigenvalue weighted by molar-refractivity contribution is 7.92. The summed E-state index contributed by atoms with van der Waals surface area (Å²) in [6, 6.07) is 14.7.